The molecule has 1 fully saturated rings. The van der Waals surface area contributed by atoms with Crippen LogP contribution < -0.4 is 9.62 Å². The van der Waals surface area contributed by atoms with Crippen LogP contribution in [-0.4, -0.2) is 34.3 Å². The Labute approximate surface area is 120 Å². The molecule has 0 amide bonds. The molecule has 6 heteroatoms. The number of piperidine rings is 1. The highest BCUT2D eigenvalue weighted by Gasteiger charge is 2.25. The van der Waals surface area contributed by atoms with E-state index >= 15 is 0 Å². The molecule has 20 heavy (non-hydrogen) atoms. The van der Waals surface area contributed by atoms with E-state index in [9.17, 15) is 13.2 Å². The Balaban J connectivity index is 2.35. The van der Waals surface area contributed by atoms with Crippen LogP contribution in [0.4, 0.5) is 5.69 Å². The average Bonchev–Trinajstić information content (AvgIpc) is 2.47. The minimum atomic E-state index is -3.49. The third-order valence-corrected chi connectivity index (χ3v) is 5.07. The van der Waals surface area contributed by atoms with Gasteiger partial charge in [-0.3, -0.25) is 0 Å². The zero-order valence-corrected chi connectivity index (χ0v) is 12.4. The quantitative estimate of drug-likeness (QED) is 0.834. The van der Waals surface area contributed by atoms with Gasteiger partial charge < -0.3 is 9.69 Å². The van der Waals surface area contributed by atoms with Crippen LogP contribution in [-0.2, 0) is 14.8 Å². The van der Waals surface area contributed by atoms with Crippen molar-refractivity contribution < 1.29 is 13.2 Å². The molecule has 0 radical (unpaired) electrons. The Morgan fingerprint density at radius 2 is 2.15 bits per heavy atom. The smallest absolute Gasteiger partial charge is 0.242 e. The summed E-state index contributed by atoms with van der Waals surface area (Å²) in [6, 6.07) is 6.95. The molecular weight excluding hydrogens is 276 g/mol. The molecule has 110 valence electrons. The molecule has 0 aromatic heterocycles. The second-order valence-corrected chi connectivity index (χ2v) is 6.69. The van der Waals surface area contributed by atoms with E-state index < -0.39 is 10.0 Å². The number of hydrogen-bond acceptors (Lipinski definition) is 4. The van der Waals surface area contributed by atoms with Crippen LogP contribution in [0.1, 0.15) is 19.8 Å². The van der Waals surface area contributed by atoms with Gasteiger partial charge in [0.25, 0.3) is 0 Å². The SMILES string of the molecule is CCNS(=O)(=O)c1ccccc1N1CCCC(C=O)C1. The van der Waals surface area contributed by atoms with Crippen LogP contribution in [0.3, 0.4) is 0 Å². The fourth-order valence-electron chi connectivity index (χ4n) is 2.55. The summed E-state index contributed by atoms with van der Waals surface area (Å²) < 4.78 is 27.0. The normalized spacial score (nSPS) is 19.9. The van der Waals surface area contributed by atoms with Crippen molar-refractivity contribution in [2.75, 3.05) is 24.5 Å². The number of carbonyl (C=O) groups is 1. The Bertz CT molecular complexity index is 572. The first-order valence-corrected chi connectivity index (χ1v) is 8.35. The van der Waals surface area contributed by atoms with Gasteiger partial charge in [0, 0.05) is 25.6 Å². The number of aldehydes is 1. The fourth-order valence-corrected chi connectivity index (χ4v) is 3.82. The summed E-state index contributed by atoms with van der Waals surface area (Å²) in [5.74, 6) is -0.0151. The first-order valence-electron chi connectivity index (χ1n) is 6.87. The minimum Gasteiger partial charge on any atom is -0.370 e. The predicted molar refractivity (Wildman–Crippen MR) is 78.3 cm³/mol. The second-order valence-electron chi connectivity index (χ2n) is 4.95. The molecule has 5 nitrogen and oxygen atoms in total. The maximum Gasteiger partial charge on any atom is 0.242 e. The number of rotatable bonds is 5. The van der Waals surface area contributed by atoms with E-state index in [-0.39, 0.29) is 10.8 Å². The molecule has 0 bridgehead atoms. The molecule has 1 atom stereocenters. The summed E-state index contributed by atoms with van der Waals surface area (Å²) in [5.41, 5.74) is 0.681. The lowest BCUT2D eigenvalue weighted by Crippen LogP contribution is -2.37. The zero-order chi connectivity index (χ0) is 14.6. The van der Waals surface area contributed by atoms with Crippen LogP contribution in [0.15, 0.2) is 29.2 Å². The van der Waals surface area contributed by atoms with Gasteiger partial charge >= 0.3 is 0 Å². The molecule has 1 saturated heterocycles. The van der Waals surface area contributed by atoms with Crippen molar-refractivity contribution in [2.24, 2.45) is 5.92 Å². The monoisotopic (exact) mass is 296 g/mol. The summed E-state index contributed by atoms with van der Waals surface area (Å²) in [4.78, 5) is 13.2. The van der Waals surface area contributed by atoms with Crippen LogP contribution in [0.2, 0.25) is 0 Å². The highest BCUT2D eigenvalue weighted by Crippen LogP contribution is 2.28. The molecule has 2 rings (SSSR count). The molecule has 0 saturated carbocycles. The van der Waals surface area contributed by atoms with E-state index in [0.29, 0.717) is 18.8 Å². The highest BCUT2D eigenvalue weighted by molar-refractivity contribution is 7.89. The van der Waals surface area contributed by atoms with Crippen molar-refractivity contribution in [1.82, 2.24) is 4.72 Å². The predicted octanol–water partition coefficient (Wildman–Crippen LogP) is 1.40. The summed E-state index contributed by atoms with van der Waals surface area (Å²) >= 11 is 0. The lowest BCUT2D eigenvalue weighted by Gasteiger charge is -2.33. The Morgan fingerprint density at radius 3 is 2.85 bits per heavy atom. The zero-order valence-electron chi connectivity index (χ0n) is 11.6. The summed E-state index contributed by atoms with van der Waals surface area (Å²) in [7, 11) is -3.49. The maximum atomic E-state index is 12.2. The minimum absolute atomic E-state index is 0.0151. The Hall–Kier alpha value is -1.40. The number of anilines is 1. The van der Waals surface area contributed by atoms with E-state index in [0.717, 1.165) is 25.7 Å². The van der Waals surface area contributed by atoms with Crippen molar-refractivity contribution in [1.29, 1.82) is 0 Å². The number of hydrogen-bond donors (Lipinski definition) is 1. The third-order valence-electron chi connectivity index (χ3n) is 3.48. The number of benzene rings is 1. The van der Waals surface area contributed by atoms with Crippen molar-refractivity contribution in [2.45, 2.75) is 24.7 Å². The van der Waals surface area contributed by atoms with Crippen LogP contribution in [0.5, 0.6) is 0 Å². The standard InChI is InChI=1S/C14H20N2O3S/c1-2-15-20(18,19)14-8-4-3-7-13(14)16-9-5-6-12(10-16)11-17/h3-4,7-8,11-12,15H,2,5-6,9-10H2,1H3. The number of para-hydroxylation sites is 1. The maximum absolute atomic E-state index is 12.2. The van der Waals surface area contributed by atoms with Crippen molar-refractivity contribution in [3.63, 3.8) is 0 Å². The van der Waals surface area contributed by atoms with Gasteiger partial charge in [-0.05, 0) is 25.0 Å². The topological polar surface area (TPSA) is 66.5 Å². The second kappa shape index (κ2) is 6.37. The van der Waals surface area contributed by atoms with Gasteiger partial charge in [-0.1, -0.05) is 19.1 Å². The first kappa shape index (κ1) is 15.0. The number of nitrogens with one attached hydrogen (secondary N) is 1. The molecular formula is C14H20N2O3S. The molecule has 1 aromatic rings. The van der Waals surface area contributed by atoms with E-state index in [4.69, 9.17) is 0 Å². The van der Waals surface area contributed by atoms with Crippen molar-refractivity contribution >= 4 is 22.0 Å². The van der Waals surface area contributed by atoms with Gasteiger partial charge in [0.15, 0.2) is 0 Å². The van der Waals surface area contributed by atoms with E-state index in [2.05, 4.69) is 4.72 Å². The molecule has 1 unspecified atom stereocenters. The number of carbonyl (C=O) groups excluding carboxylic acids is 1. The van der Waals surface area contributed by atoms with E-state index in [1.54, 1.807) is 25.1 Å². The molecule has 1 aliphatic rings. The molecule has 1 heterocycles. The Morgan fingerprint density at radius 1 is 1.40 bits per heavy atom. The van der Waals surface area contributed by atoms with Crippen LogP contribution in [0, 0.1) is 5.92 Å². The number of sulfonamides is 1. The average molecular weight is 296 g/mol. The first-order chi connectivity index (χ1) is 9.58. The third kappa shape index (κ3) is 3.19. The lowest BCUT2D eigenvalue weighted by molar-refractivity contribution is -0.111. The Kier molecular flexibility index (Phi) is 4.77. The van der Waals surface area contributed by atoms with Crippen LogP contribution in [0.25, 0.3) is 0 Å². The largest absolute Gasteiger partial charge is 0.370 e. The molecule has 0 aliphatic carbocycles. The van der Waals surface area contributed by atoms with Gasteiger partial charge in [0.05, 0.1) is 5.69 Å². The van der Waals surface area contributed by atoms with E-state index in [1.165, 1.54) is 0 Å². The fraction of sp³-hybridized carbons (Fsp3) is 0.500. The molecule has 1 N–H and O–H groups in total. The summed E-state index contributed by atoms with van der Waals surface area (Å²) in [5, 5.41) is 0. The highest BCUT2D eigenvalue weighted by atomic mass is 32.2. The van der Waals surface area contributed by atoms with E-state index in [1.807, 2.05) is 11.0 Å². The summed E-state index contributed by atoms with van der Waals surface area (Å²) in [6.07, 6.45) is 2.74. The molecule has 1 aromatic carbocycles. The molecule has 0 spiro atoms. The van der Waals surface area contributed by atoms with Gasteiger partial charge in [-0.25, -0.2) is 13.1 Å². The van der Waals surface area contributed by atoms with Crippen molar-refractivity contribution in [3.05, 3.63) is 24.3 Å². The summed E-state index contributed by atoms with van der Waals surface area (Å²) in [6.45, 7) is 3.47. The van der Waals surface area contributed by atoms with Gasteiger partial charge in [0.1, 0.15) is 11.2 Å². The number of nitrogens with zero attached hydrogens (tertiary/aromatic N) is 1. The van der Waals surface area contributed by atoms with Gasteiger partial charge in [-0.15, -0.1) is 0 Å². The van der Waals surface area contributed by atoms with Gasteiger partial charge in [-0.2, -0.15) is 0 Å². The lowest BCUT2D eigenvalue weighted by atomic mass is 9.99. The van der Waals surface area contributed by atoms with Crippen molar-refractivity contribution in [3.8, 4) is 0 Å². The molecule has 1 aliphatic heterocycles. The van der Waals surface area contributed by atoms with Crippen LogP contribution >= 0.6 is 0 Å². The van der Waals surface area contributed by atoms with Gasteiger partial charge in [0.2, 0.25) is 10.0 Å².